The van der Waals surface area contributed by atoms with E-state index in [1.165, 1.54) is 18.4 Å². The van der Waals surface area contributed by atoms with Crippen molar-refractivity contribution in [3.05, 3.63) is 47.0 Å². The molecule has 5 heteroatoms. The van der Waals surface area contributed by atoms with E-state index in [1.807, 2.05) is 18.2 Å². The lowest BCUT2D eigenvalue weighted by molar-refractivity contribution is -0.0399. The quantitative estimate of drug-likeness (QED) is 0.736. The third-order valence-electron chi connectivity index (χ3n) is 6.00. The van der Waals surface area contributed by atoms with Gasteiger partial charge >= 0.3 is 0 Å². The third kappa shape index (κ3) is 3.18. The molecule has 0 bridgehead atoms. The molecule has 0 amide bonds. The van der Waals surface area contributed by atoms with Crippen molar-refractivity contribution in [3.8, 4) is 23.0 Å². The number of hydrogen-bond acceptors (Lipinski definition) is 5. The molecule has 3 unspecified atom stereocenters. The van der Waals surface area contributed by atoms with Gasteiger partial charge in [0.2, 0.25) is 0 Å². The summed E-state index contributed by atoms with van der Waals surface area (Å²) in [5.41, 5.74) is 3.38. The summed E-state index contributed by atoms with van der Waals surface area (Å²) >= 11 is 0. The summed E-state index contributed by atoms with van der Waals surface area (Å²) in [5.74, 6) is 3.44. The van der Waals surface area contributed by atoms with Gasteiger partial charge in [-0.1, -0.05) is 12.8 Å². The molecule has 0 N–H and O–H groups in total. The Kier molecular flexibility index (Phi) is 5.36. The fourth-order valence-corrected chi connectivity index (χ4v) is 4.61. The standard InChI is InChI=1S/C23H28O5/c1-24-14-9-10-19(25-2)18(11-14)23-17-13-22(27-4)21(26-3)12-16(17)15-7-5-6-8-20(15)28-23/h9-13,15,20,23H,5-8H2,1-4H3. The Morgan fingerprint density at radius 1 is 0.714 bits per heavy atom. The van der Waals surface area contributed by atoms with Crippen LogP contribution in [0.5, 0.6) is 23.0 Å². The van der Waals surface area contributed by atoms with Crippen LogP contribution in [-0.2, 0) is 4.74 Å². The first-order chi connectivity index (χ1) is 13.7. The topological polar surface area (TPSA) is 46.2 Å². The number of hydrogen-bond donors (Lipinski definition) is 0. The molecule has 1 aliphatic carbocycles. The molecule has 0 aromatic heterocycles. The van der Waals surface area contributed by atoms with Crippen molar-refractivity contribution in [3.63, 3.8) is 0 Å². The van der Waals surface area contributed by atoms with Gasteiger partial charge in [0.25, 0.3) is 0 Å². The van der Waals surface area contributed by atoms with E-state index in [-0.39, 0.29) is 12.2 Å². The van der Waals surface area contributed by atoms with Gasteiger partial charge in [0.1, 0.15) is 17.6 Å². The zero-order valence-corrected chi connectivity index (χ0v) is 17.0. The second-order valence-electron chi connectivity index (χ2n) is 7.39. The average Bonchev–Trinajstić information content (AvgIpc) is 2.76. The van der Waals surface area contributed by atoms with Crippen LogP contribution in [0, 0.1) is 0 Å². The van der Waals surface area contributed by atoms with Crippen molar-refractivity contribution in [1.29, 1.82) is 0 Å². The molecule has 0 spiro atoms. The average molecular weight is 384 g/mol. The molecule has 5 nitrogen and oxygen atoms in total. The number of rotatable bonds is 5. The molecule has 2 aromatic rings. The van der Waals surface area contributed by atoms with Gasteiger partial charge in [-0.15, -0.1) is 0 Å². The number of fused-ring (bicyclic) bond motifs is 3. The Hall–Kier alpha value is -2.40. The van der Waals surface area contributed by atoms with Gasteiger partial charge in [-0.3, -0.25) is 0 Å². The molecule has 1 fully saturated rings. The molecule has 1 saturated carbocycles. The molecule has 2 aliphatic rings. The van der Waals surface area contributed by atoms with Gasteiger partial charge in [-0.25, -0.2) is 0 Å². The Morgan fingerprint density at radius 2 is 1.39 bits per heavy atom. The van der Waals surface area contributed by atoms with Crippen molar-refractivity contribution in [2.45, 2.75) is 43.8 Å². The summed E-state index contributed by atoms with van der Waals surface area (Å²) in [6.45, 7) is 0. The van der Waals surface area contributed by atoms with Crippen molar-refractivity contribution >= 4 is 0 Å². The molecule has 0 saturated heterocycles. The van der Waals surface area contributed by atoms with Gasteiger partial charge < -0.3 is 23.7 Å². The molecule has 28 heavy (non-hydrogen) atoms. The molecule has 150 valence electrons. The van der Waals surface area contributed by atoms with Crippen LogP contribution < -0.4 is 18.9 Å². The van der Waals surface area contributed by atoms with Crippen molar-refractivity contribution < 1.29 is 23.7 Å². The first kappa shape index (κ1) is 18.9. The van der Waals surface area contributed by atoms with E-state index in [0.717, 1.165) is 41.2 Å². The summed E-state index contributed by atoms with van der Waals surface area (Å²) < 4.78 is 29.0. The molecule has 3 atom stereocenters. The van der Waals surface area contributed by atoms with Crippen LogP contribution in [0.1, 0.15) is 54.4 Å². The summed E-state index contributed by atoms with van der Waals surface area (Å²) in [4.78, 5) is 0. The number of benzene rings is 2. The van der Waals surface area contributed by atoms with E-state index in [1.54, 1.807) is 28.4 Å². The second kappa shape index (κ2) is 7.92. The monoisotopic (exact) mass is 384 g/mol. The van der Waals surface area contributed by atoms with Crippen molar-refractivity contribution in [1.82, 2.24) is 0 Å². The zero-order chi connectivity index (χ0) is 19.7. The van der Waals surface area contributed by atoms with Crippen LogP contribution in [-0.4, -0.2) is 34.5 Å². The minimum atomic E-state index is -0.237. The Bertz CT molecular complexity index is 847. The smallest absolute Gasteiger partial charge is 0.161 e. The Labute approximate surface area is 166 Å². The third-order valence-corrected chi connectivity index (χ3v) is 6.00. The predicted molar refractivity (Wildman–Crippen MR) is 107 cm³/mol. The second-order valence-corrected chi connectivity index (χ2v) is 7.39. The van der Waals surface area contributed by atoms with E-state index in [9.17, 15) is 0 Å². The van der Waals surface area contributed by atoms with Gasteiger partial charge in [0.15, 0.2) is 11.5 Å². The molecule has 1 aliphatic heterocycles. The fraction of sp³-hybridized carbons (Fsp3) is 0.478. The molecular formula is C23H28O5. The normalized spacial score (nSPS) is 23.4. The zero-order valence-electron chi connectivity index (χ0n) is 17.0. The van der Waals surface area contributed by atoms with Gasteiger partial charge in [-0.05, 0) is 54.3 Å². The van der Waals surface area contributed by atoms with Crippen molar-refractivity contribution in [2.24, 2.45) is 0 Å². The molecule has 2 aromatic carbocycles. The Morgan fingerprint density at radius 3 is 2.07 bits per heavy atom. The van der Waals surface area contributed by atoms with Crippen LogP contribution in [0.15, 0.2) is 30.3 Å². The number of methoxy groups -OCH3 is 4. The van der Waals surface area contributed by atoms with Crippen molar-refractivity contribution in [2.75, 3.05) is 28.4 Å². The summed E-state index contributed by atoms with van der Waals surface area (Å²) in [5, 5.41) is 0. The molecule has 0 radical (unpaired) electrons. The summed E-state index contributed by atoms with van der Waals surface area (Å²) in [6, 6.07) is 10.0. The van der Waals surface area contributed by atoms with Crippen LogP contribution in [0.3, 0.4) is 0 Å². The largest absolute Gasteiger partial charge is 0.497 e. The first-order valence-corrected chi connectivity index (χ1v) is 9.83. The highest BCUT2D eigenvalue weighted by molar-refractivity contribution is 5.55. The van der Waals surface area contributed by atoms with E-state index in [4.69, 9.17) is 23.7 Å². The van der Waals surface area contributed by atoms with Gasteiger partial charge in [0, 0.05) is 11.5 Å². The molecular weight excluding hydrogens is 356 g/mol. The van der Waals surface area contributed by atoms with Crippen LogP contribution >= 0.6 is 0 Å². The van der Waals surface area contributed by atoms with E-state index in [2.05, 4.69) is 12.1 Å². The summed E-state index contributed by atoms with van der Waals surface area (Å²) in [7, 11) is 6.71. The fourth-order valence-electron chi connectivity index (χ4n) is 4.61. The lowest BCUT2D eigenvalue weighted by atomic mass is 9.75. The lowest BCUT2D eigenvalue weighted by Gasteiger charge is -2.41. The maximum absolute atomic E-state index is 6.69. The van der Waals surface area contributed by atoms with Crippen LogP contribution in [0.2, 0.25) is 0 Å². The van der Waals surface area contributed by atoms with Gasteiger partial charge in [0.05, 0.1) is 34.5 Å². The predicted octanol–water partition coefficient (Wildman–Crippen LogP) is 4.87. The Balaban J connectivity index is 1.90. The van der Waals surface area contributed by atoms with Gasteiger partial charge in [-0.2, -0.15) is 0 Å². The first-order valence-electron chi connectivity index (χ1n) is 9.83. The maximum Gasteiger partial charge on any atom is 0.161 e. The highest BCUT2D eigenvalue weighted by Crippen LogP contribution is 2.51. The van der Waals surface area contributed by atoms with Crippen LogP contribution in [0.4, 0.5) is 0 Å². The molecule has 1 heterocycles. The highest BCUT2D eigenvalue weighted by Gasteiger charge is 2.39. The minimum absolute atomic E-state index is 0.195. The van der Waals surface area contributed by atoms with Crippen LogP contribution in [0.25, 0.3) is 0 Å². The highest BCUT2D eigenvalue weighted by atomic mass is 16.5. The minimum Gasteiger partial charge on any atom is -0.497 e. The summed E-state index contributed by atoms with van der Waals surface area (Å²) in [6.07, 6.45) is 4.59. The number of ether oxygens (including phenoxy) is 5. The maximum atomic E-state index is 6.69. The molecule has 4 rings (SSSR count). The van der Waals surface area contributed by atoms with E-state index >= 15 is 0 Å². The van der Waals surface area contributed by atoms with E-state index < -0.39 is 0 Å². The SMILES string of the molecule is COc1ccc(OC)c(C2OC3CCCCC3c3cc(OC)c(OC)cc32)c1. The van der Waals surface area contributed by atoms with E-state index in [0.29, 0.717) is 11.7 Å². The lowest BCUT2D eigenvalue weighted by Crippen LogP contribution is -2.34.